The predicted molar refractivity (Wildman–Crippen MR) is 72.1 cm³/mol. The number of carbonyl (C=O) groups is 1. The normalized spacial score (nSPS) is 12.1. The van der Waals surface area contributed by atoms with E-state index in [2.05, 4.69) is 5.32 Å². The maximum atomic E-state index is 11.5. The van der Waals surface area contributed by atoms with Crippen molar-refractivity contribution in [2.24, 2.45) is 0 Å². The molecule has 1 N–H and O–H groups in total. The smallest absolute Gasteiger partial charge is 0.322 e. The number of hydrogen-bond donors (Lipinski definition) is 1. The summed E-state index contributed by atoms with van der Waals surface area (Å²) >= 11 is 1.73. The van der Waals surface area contributed by atoms with Crippen LogP contribution in [-0.4, -0.2) is 31.1 Å². The van der Waals surface area contributed by atoms with Gasteiger partial charge in [0.1, 0.15) is 6.04 Å². The first kappa shape index (κ1) is 14.1. The van der Waals surface area contributed by atoms with E-state index in [-0.39, 0.29) is 12.0 Å². The molecule has 0 saturated carbocycles. The second-order valence-corrected chi connectivity index (χ2v) is 4.71. The van der Waals surface area contributed by atoms with Crippen LogP contribution >= 0.6 is 11.8 Å². The zero-order valence-electron chi connectivity index (χ0n) is 10.3. The molecule has 0 radical (unpaired) electrons. The van der Waals surface area contributed by atoms with Gasteiger partial charge in [-0.25, -0.2) is 0 Å². The summed E-state index contributed by atoms with van der Waals surface area (Å²) in [5, 5.41) is 3.23. The highest BCUT2D eigenvalue weighted by atomic mass is 32.2. The Morgan fingerprint density at radius 1 is 1.41 bits per heavy atom. The lowest BCUT2D eigenvalue weighted by molar-refractivity contribution is -0.143. The molecule has 0 amide bonds. The molecule has 1 aromatic rings. The van der Waals surface area contributed by atoms with Crippen molar-refractivity contribution in [1.82, 2.24) is 5.32 Å². The van der Waals surface area contributed by atoms with Gasteiger partial charge in [-0.3, -0.25) is 4.79 Å². The van der Waals surface area contributed by atoms with E-state index < -0.39 is 0 Å². The number of ether oxygens (including phenoxy) is 1. The fourth-order valence-corrected chi connectivity index (χ4v) is 1.99. The Labute approximate surface area is 107 Å². The summed E-state index contributed by atoms with van der Waals surface area (Å²) in [5.74, 6) is 0.761. The SMILES string of the molecule is COC(=O)[C@@H](CCSC)NCc1ccccc1. The predicted octanol–water partition coefficient (Wildman–Crippen LogP) is 2.07. The van der Waals surface area contributed by atoms with Crippen LogP contribution in [0.3, 0.4) is 0 Å². The molecule has 4 heteroatoms. The molecule has 0 heterocycles. The average molecular weight is 253 g/mol. The van der Waals surface area contributed by atoms with Gasteiger partial charge in [-0.1, -0.05) is 30.3 Å². The molecule has 0 aliphatic heterocycles. The number of methoxy groups -OCH3 is 1. The summed E-state index contributed by atoms with van der Waals surface area (Å²) < 4.78 is 4.79. The molecule has 1 atom stereocenters. The van der Waals surface area contributed by atoms with Crippen molar-refractivity contribution in [1.29, 1.82) is 0 Å². The number of thioether (sulfide) groups is 1. The highest BCUT2D eigenvalue weighted by Crippen LogP contribution is 2.04. The third-order valence-electron chi connectivity index (χ3n) is 2.49. The fourth-order valence-electron chi connectivity index (χ4n) is 1.52. The van der Waals surface area contributed by atoms with Crippen molar-refractivity contribution >= 4 is 17.7 Å². The molecule has 0 aromatic heterocycles. The van der Waals surface area contributed by atoms with Crippen LogP contribution in [0.4, 0.5) is 0 Å². The van der Waals surface area contributed by atoms with Crippen molar-refractivity contribution in [2.45, 2.75) is 19.0 Å². The molecule has 0 aliphatic rings. The molecule has 0 unspecified atom stereocenters. The topological polar surface area (TPSA) is 38.3 Å². The van der Waals surface area contributed by atoms with E-state index in [9.17, 15) is 4.79 Å². The quantitative estimate of drug-likeness (QED) is 0.755. The van der Waals surface area contributed by atoms with Crippen LogP contribution in [0.15, 0.2) is 30.3 Å². The van der Waals surface area contributed by atoms with Gasteiger partial charge in [-0.05, 0) is 24.0 Å². The number of esters is 1. The minimum absolute atomic E-state index is 0.185. The molecule has 1 aromatic carbocycles. The fraction of sp³-hybridized carbons (Fsp3) is 0.462. The Kier molecular flexibility index (Phi) is 6.74. The zero-order chi connectivity index (χ0) is 12.5. The van der Waals surface area contributed by atoms with Crippen LogP contribution in [0.5, 0.6) is 0 Å². The third kappa shape index (κ3) is 5.24. The number of nitrogens with one attached hydrogen (secondary N) is 1. The van der Waals surface area contributed by atoms with Gasteiger partial charge in [0.15, 0.2) is 0 Å². The number of hydrogen-bond acceptors (Lipinski definition) is 4. The Morgan fingerprint density at radius 2 is 2.12 bits per heavy atom. The minimum atomic E-state index is -0.215. The maximum absolute atomic E-state index is 11.5. The van der Waals surface area contributed by atoms with Gasteiger partial charge in [0.05, 0.1) is 7.11 Å². The standard InChI is InChI=1S/C13H19NO2S/c1-16-13(15)12(8-9-17-2)14-10-11-6-4-3-5-7-11/h3-7,12,14H,8-10H2,1-2H3/t12-/m1/s1. The second kappa shape index (κ2) is 8.14. The Hall–Kier alpha value is -1.00. The van der Waals surface area contributed by atoms with Gasteiger partial charge in [0.2, 0.25) is 0 Å². The lowest BCUT2D eigenvalue weighted by Crippen LogP contribution is -2.37. The molecule has 0 spiro atoms. The molecule has 0 fully saturated rings. The lowest BCUT2D eigenvalue weighted by Gasteiger charge is -2.15. The third-order valence-corrected chi connectivity index (χ3v) is 3.14. The van der Waals surface area contributed by atoms with Gasteiger partial charge >= 0.3 is 5.97 Å². The summed E-state index contributed by atoms with van der Waals surface area (Å²) in [5.41, 5.74) is 1.17. The first-order valence-electron chi connectivity index (χ1n) is 5.62. The number of benzene rings is 1. The van der Waals surface area contributed by atoms with Crippen molar-refractivity contribution in [3.05, 3.63) is 35.9 Å². The summed E-state index contributed by atoms with van der Waals surface area (Å²) in [4.78, 5) is 11.5. The van der Waals surface area contributed by atoms with Crippen molar-refractivity contribution < 1.29 is 9.53 Å². The molecule has 1 rings (SSSR count). The van der Waals surface area contributed by atoms with Crippen molar-refractivity contribution in [2.75, 3.05) is 19.1 Å². The van der Waals surface area contributed by atoms with Gasteiger partial charge in [-0.15, -0.1) is 0 Å². The molecule has 0 saturated heterocycles. The second-order valence-electron chi connectivity index (χ2n) is 3.72. The lowest BCUT2D eigenvalue weighted by atomic mass is 10.2. The van der Waals surface area contributed by atoms with Crippen LogP contribution in [0.1, 0.15) is 12.0 Å². The van der Waals surface area contributed by atoms with Gasteiger partial charge in [0.25, 0.3) is 0 Å². The molecule has 3 nitrogen and oxygen atoms in total. The highest BCUT2D eigenvalue weighted by Gasteiger charge is 2.17. The largest absolute Gasteiger partial charge is 0.468 e. The van der Waals surface area contributed by atoms with E-state index in [1.54, 1.807) is 11.8 Å². The maximum Gasteiger partial charge on any atom is 0.322 e. The first-order chi connectivity index (χ1) is 8.27. The summed E-state index contributed by atoms with van der Waals surface area (Å²) in [6.45, 7) is 0.689. The Balaban J connectivity index is 2.46. The molecule has 0 bridgehead atoms. The molecule has 17 heavy (non-hydrogen) atoms. The molecule has 94 valence electrons. The van der Waals surface area contributed by atoms with Crippen LogP contribution in [0, 0.1) is 0 Å². The average Bonchev–Trinajstić information content (AvgIpc) is 2.39. The number of rotatable bonds is 7. The van der Waals surface area contributed by atoms with E-state index >= 15 is 0 Å². The first-order valence-corrected chi connectivity index (χ1v) is 7.01. The van der Waals surface area contributed by atoms with Gasteiger partial charge < -0.3 is 10.1 Å². The van der Waals surface area contributed by atoms with Gasteiger partial charge in [-0.2, -0.15) is 11.8 Å². The summed E-state index contributed by atoms with van der Waals surface area (Å²) in [7, 11) is 1.43. The van der Waals surface area contributed by atoms with Crippen molar-refractivity contribution in [3.8, 4) is 0 Å². The van der Waals surface area contributed by atoms with Gasteiger partial charge in [0, 0.05) is 6.54 Å². The van der Waals surface area contributed by atoms with Crippen LogP contribution in [0.2, 0.25) is 0 Å². The van der Waals surface area contributed by atoms with Crippen LogP contribution in [-0.2, 0) is 16.1 Å². The van der Waals surface area contributed by atoms with E-state index in [0.717, 1.165) is 12.2 Å². The van der Waals surface area contributed by atoms with Crippen LogP contribution < -0.4 is 5.32 Å². The van der Waals surface area contributed by atoms with E-state index in [4.69, 9.17) is 4.74 Å². The molecule has 0 aliphatic carbocycles. The zero-order valence-corrected chi connectivity index (χ0v) is 11.1. The van der Waals surface area contributed by atoms with E-state index in [1.165, 1.54) is 12.7 Å². The Bertz CT molecular complexity index is 329. The van der Waals surface area contributed by atoms with Crippen molar-refractivity contribution in [3.63, 3.8) is 0 Å². The van der Waals surface area contributed by atoms with Crippen LogP contribution in [0.25, 0.3) is 0 Å². The highest BCUT2D eigenvalue weighted by molar-refractivity contribution is 7.98. The van der Waals surface area contributed by atoms with E-state index in [1.807, 2.05) is 36.6 Å². The molecular formula is C13H19NO2S. The Morgan fingerprint density at radius 3 is 2.71 bits per heavy atom. The summed E-state index contributed by atoms with van der Waals surface area (Å²) in [6, 6.07) is 9.83. The number of carbonyl (C=O) groups excluding carboxylic acids is 1. The monoisotopic (exact) mass is 253 g/mol. The molecular weight excluding hydrogens is 234 g/mol. The minimum Gasteiger partial charge on any atom is -0.468 e. The van der Waals surface area contributed by atoms with E-state index in [0.29, 0.717) is 6.54 Å². The summed E-state index contributed by atoms with van der Waals surface area (Å²) in [6.07, 6.45) is 2.83.